The number of carbonyl (C=O) groups excluding carboxylic acids is 1. The second-order valence-corrected chi connectivity index (χ2v) is 4.92. The highest BCUT2D eigenvalue weighted by molar-refractivity contribution is 5.71. The molecule has 118 valence electrons. The van der Waals surface area contributed by atoms with Crippen molar-refractivity contribution in [3.8, 4) is 11.5 Å². The molecule has 0 fully saturated rings. The second kappa shape index (κ2) is 8.52. The summed E-state index contributed by atoms with van der Waals surface area (Å²) < 4.78 is 15.4. The zero-order chi connectivity index (χ0) is 15.8. The van der Waals surface area contributed by atoms with E-state index in [1.165, 1.54) is 7.11 Å². The molecule has 0 aliphatic heterocycles. The lowest BCUT2D eigenvalue weighted by molar-refractivity contribution is -0.142. The topological polar surface area (TPSA) is 48.0 Å². The number of esters is 1. The predicted octanol–water partition coefficient (Wildman–Crippen LogP) is 2.40. The van der Waals surface area contributed by atoms with Crippen LogP contribution in [-0.2, 0) is 16.1 Å². The zero-order valence-corrected chi connectivity index (χ0v) is 13.6. The van der Waals surface area contributed by atoms with E-state index in [0.717, 1.165) is 24.1 Å². The molecule has 1 aromatic rings. The van der Waals surface area contributed by atoms with Crippen LogP contribution in [0.3, 0.4) is 0 Å². The van der Waals surface area contributed by atoms with Gasteiger partial charge in [-0.2, -0.15) is 0 Å². The van der Waals surface area contributed by atoms with Crippen LogP contribution >= 0.6 is 0 Å². The van der Waals surface area contributed by atoms with Gasteiger partial charge < -0.3 is 14.2 Å². The number of carbonyl (C=O) groups is 1. The third-order valence-electron chi connectivity index (χ3n) is 3.36. The van der Waals surface area contributed by atoms with Crippen LogP contribution in [-0.4, -0.2) is 45.3 Å². The Balaban J connectivity index is 2.94. The predicted molar refractivity (Wildman–Crippen MR) is 81.9 cm³/mol. The summed E-state index contributed by atoms with van der Waals surface area (Å²) in [6.07, 6.45) is 0.976. The molecule has 1 rings (SSSR count). The smallest absolute Gasteiger partial charge is 0.319 e. The number of benzene rings is 1. The van der Waals surface area contributed by atoms with Crippen molar-refractivity contribution < 1.29 is 19.0 Å². The minimum absolute atomic E-state index is 0.221. The average molecular weight is 295 g/mol. The van der Waals surface area contributed by atoms with Gasteiger partial charge in [-0.3, -0.25) is 9.69 Å². The van der Waals surface area contributed by atoms with Crippen molar-refractivity contribution in [2.24, 2.45) is 0 Å². The Hall–Kier alpha value is -1.75. The molecule has 5 nitrogen and oxygen atoms in total. The third kappa shape index (κ3) is 4.93. The largest absolute Gasteiger partial charge is 0.493 e. The van der Waals surface area contributed by atoms with Crippen LogP contribution in [0.15, 0.2) is 12.1 Å². The quantitative estimate of drug-likeness (QED) is 0.689. The maximum absolute atomic E-state index is 11.5. The Morgan fingerprint density at radius 1 is 1.14 bits per heavy atom. The molecule has 5 heteroatoms. The van der Waals surface area contributed by atoms with Gasteiger partial charge in [0.2, 0.25) is 0 Å². The fourth-order valence-electron chi connectivity index (χ4n) is 2.21. The molecule has 0 unspecified atom stereocenters. The number of aryl methyl sites for hydroxylation is 1. The molecule has 0 aromatic heterocycles. The highest BCUT2D eigenvalue weighted by Gasteiger charge is 2.14. The van der Waals surface area contributed by atoms with Gasteiger partial charge in [0.1, 0.15) is 0 Å². The minimum atomic E-state index is -0.221. The Morgan fingerprint density at radius 2 is 1.76 bits per heavy atom. The van der Waals surface area contributed by atoms with Crippen molar-refractivity contribution in [1.82, 2.24) is 4.90 Å². The molecule has 0 saturated carbocycles. The van der Waals surface area contributed by atoms with Crippen molar-refractivity contribution in [2.75, 3.05) is 34.4 Å². The highest BCUT2D eigenvalue weighted by atomic mass is 16.5. The van der Waals surface area contributed by atoms with Gasteiger partial charge in [0.25, 0.3) is 0 Å². The van der Waals surface area contributed by atoms with Crippen molar-refractivity contribution in [2.45, 2.75) is 26.8 Å². The van der Waals surface area contributed by atoms with Gasteiger partial charge in [-0.15, -0.1) is 0 Å². The van der Waals surface area contributed by atoms with E-state index in [1.54, 1.807) is 14.2 Å². The van der Waals surface area contributed by atoms with E-state index in [1.807, 2.05) is 19.1 Å². The SMILES string of the molecule is CCCN(CC(=O)OC)Cc1cc(OC)c(OC)cc1C. The molecule has 0 bridgehead atoms. The molecular weight excluding hydrogens is 270 g/mol. The molecule has 0 spiro atoms. The Kier molecular flexibility index (Phi) is 7.02. The molecule has 1 aromatic carbocycles. The van der Waals surface area contributed by atoms with Gasteiger partial charge in [0.05, 0.1) is 27.9 Å². The van der Waals surface area contributed by atoms with Gasteiger partial charge in [0.15, 0.2) is 11.5 Å². The molecule has 0 saturated heterocycles. The lowest BCUT2D eigenvalue weighted by Crippen LogP contribution is -2.31. The number of hydrogen-bond donors (Lipinski definition) is 0. The van der Waals surface area contributed by atoms with Gasteiger partial charge in [-0.05, 0) is 43.1 Å². The van der Waals surface area contributed by atoms with E-state index in [9.17, 15) is 4.79 Å². The summed E-state index contributed by atoms with van der Waals surface area (Å²) in [6.45, 7) is 5.92. The summed E-state index contributed by atoms with van der Waals surface area (Å²) in [5.74, 6) is 1.20. The first-order chi connectivity index (χ1) is 10.0. The van der Waals surface area contributed by atoms with Gasteiger partial charge >= 0.3 is 5.97 Å². The number of methoxy groups -OCH3 is 3. The lowest BCUT2D eigenvalue weighted by Gasteiger charge is -2.22. The van der Waals surface area contributed by atoms with Crippen LogP contribution in [0.5, 0.6) is 11.5 Å². The Morgan fingerprint density at radius 3 is 2.29 bits per heavy atom. The van der Waals surface area contributed by atoms with Crippen LogP contribution in [0.1, 0.15) is 24.5 Å². The molecule has 0 heterocycles. The van der Waals surface area contributed by atoms with E-state index in [-0.39, 0.29) is 12.5 Å². The van der Waals surface area contributed by atoms with Gasteiger partial charge in [-0.25, -0.2) is 0 Å². The van der Waals surface area contributed by atoms with Crippen molar-refractivity contribution >= 4 is 5.97 Å². The molecule has 0 aliphatic carbocycles. The molecule has 0 N–H and O–H groups in total. The van der Waals surface area contributed by atoms with E-state index >= 15 is 0 Å². The van der Waals surface area contributed by atoms with Gasteiger partial charge in [0, 0.05) is 6.54 Å². The third-order valence-corrected chi connectivity index (χ3v) is 3.36. The summed E-state index contributed by atoms with van der Waals surface area (Å²) in [4.78, 5) is 13.6. The van der Waals surface area contributed by atoms with E-state index in [0.29, 0.717) is 18.0 Å². The van der Waals surface area contributed by atoms with Crippen LogP contribution in [0, 0.1) is 6.92 Å². The zero-order valence-electron chi connectivity index (χ0n) is 13.6. The van der Waals surface area contributed by atoms with Crippen molar-refractivity contribution in [1.29, 1.82) is 0 Å². The average Bonchev–Trinajstić information content (AvgIpc) is 2.48. The number of ether oxygens (including phenoxy) is 3. The monoisotopic (exact) mass is 295 g/mol. The van der Waals surface area contributed by atoms with E-state index in [4.69, 9.17) is 14.2 Å². The fraction of sp³-hybridized carbons (Fsp3) is 0.562. The van der Waals surface area contributed by atoms with E-state index < -0.39 is 0 Å². The normalized spacial score (nSPS) is 10.6. The first-order valence-electron chi connectivity index (χ1n) is 7.06. The first kappa shape index (κ1) is 17.3. The minimum Gasteiger partial charge on any atom is -0.493 e. The maximum Gasteiger partial charge on any atom is 0.319 e. The molecule has 0 amide bonds. The molecule has 21 heavy (non-hydrogen) atoms. The maximum atomic E-state index is 11.5. The standard InChI is InChI=1S/C16H25NO4/c1-6-7-17(11-16(18)21-5)10-13-9-15(20-4)14(19-3)8-12(13)2/h8-9H,6-7,10-11H2,1-5H3. The number of hydrogen-bond acceptors (Lipinski definition) is 5. The summed E-state index contributed by atoms with van der Waals surface area (Å²) in [5.41, 5.74) is 2.23. The molecular formula is C16H25NO4. The number of nitrogens with zero attached hydrogens (tertiary/aromatic N) is 1. The fourth-order valence-corrected chi connectivity index (χ4v) is 2.21. The molecule has 0 radical (unpaired) electrons. The first-order valence-corrected chi connectivity index (χ1v) is 7.06. The van der Waals surface area contributed by atoms with E-state index in [2.05, 4.69) is 11.8 Å². The molecule has 0 aliphatic rings. The summed E-state index contributed by atoms with van der Waals surface area (Å²) in [5, 5.41) is 0. The Bertz CT molecular complexity index is 474. The van der Waals surface area contributed by atoms with Crippen LogP contribution < -0.4 is 9.47 Å². The summed E-state index contributed by atoms with van der Waals surface area (Å²) in [7, 11) is 4.65. The van der Waals surface area contributed by atoms with Crippen LogP contribution in [0.25, 0.3) is 0 Å². The van der Waals surface area contributed by atoms with Crippen molar-refractivity contribution in [3.05, 3.63) is 23.3 Å². The van der Waals surface area contributed by atoms with Crippen molar-refractivity contribution in [3.63, 3.8) is 0 Å². The molecule has 0 atom stereocenters. The summed E-state index contributed by atoms with van der Waals surface area (Å²) >= 11 is 0. The number of rotatable bonds is 8. The Labute approximate surface area is 126 Å². The second-order valence-electron chi connectivity index (χ2n) is 4.92. The van der Waals surface area contributed by atoms with Gasteiger partial charge in [-0.1, -0.05) is 6.92 Å². The highest BCUT2D eigenvalue weighted by Crippen LogP contribution is 2.30. The van der Waals surface area contributed by atoms with Crippen LogP contribution in [0.2, 0.25) is 0 Å². The van der Waals surface area contributed by atoms with Crippen LogP contribution in [0.4, 0.5) is 0 Å². The lowest BCUT2D eigenvalue weighted by atomic mass is 10.1. The summed E-state index contributed by atoms with van der Waals surface area (Å²) in [6, 6.07) is 3.92.